The van der Waals surface area contributed by atoms with E-state index in [1.807, 2.05) is 0 Å². The quantitative estimate of drug-likeness (QED) is 0.778. The zero-order chi connectivity index (χ0) is 16.9. The zero-order valence-corrected chi connectivity index (χ0v) is 16.3. The van der Waals surface area contributed by atoms with Gasteiger partial charge < -0.3 is 15.0 Å². The van der Waals surface area contributed by atoms with Crippen molar-refractivity contribution in [2.24, 2.45) is 17.8 Å². The van der Waals surface area contributed by atoms with Crippen LogP contribution in [0.2, 0.25) is 0 Å². The number of rotatable bonds is 6. The summed E-state index contributed by atoms with van der Waals surface area (Å²) in [6, 6.07) is 0.866. The van der Waals surface area contributed by atoms with Gasteiger partial charge in [0.15, 0.2) is 0 Å². The second kappa shape index (κ2) is 9.19. The molecular weight excluding hydrogens is 308 g/mol. The van der Waals surface area contributed by atoms with Gasteiger partial charge in [0.2, 0.25) is 0 Å². The Kier molecular flexibility index (Phi) is 6.71. The van der Waals surface area contributed by atoms with Gasteiger partial charge >= 0.3 is 0 Å². The van der Waals surface area contributed by atoms with Crippen LogP contribution < -0.4 is 5.32 Å². The fourth-order valence-corrected chi connectivity index (χ4v) is 6.13. The Bertz CT molecular complexity index is 387. The molecule has 2 heterocycles. The average Bonchev–Trinajstić information content (AvgIpc) is 3.17. The van der Waals surface area contributed by atoms with Crippen molar-refractivity contribution in [2.45, 2.75) is 89.2 Å². The molecule has 2 saturated carbocycles. The molecule has 0 aromatic heterocycles. The molecular formula is C22H40N2O. The number of hydrogen-bond donors (Lipinski definition) is 1. The van der Waals surface area contributed by atoms with Gasteiger partial charge in [-0.1, -0.05) is 12.8 Å². The molecule has 0 aromatic rings. The number of fused-ring (bicyclic) bond motifs is 1. The number of nitrogens with zero attached hydrogens (tertiary/aromatic N) is 1. The maximum Gasteiger partial charge on any atom is 0.0597 e. The molecule has 0 radical (unpaired) electrons. The van der Waals surface area contributed by atoms with Crippen LogP contribution in [0.5, 0.6) is 0 Å². The van der Waals surface area contributed by atoms with Gasteiger partial charge in [0.05, 0.1) is 12.7 Å². The van der Waals surface area contributed by atoms with Gasteiger partial charge in [-0.2, -0.15) is 0 Å². The van der Waals surface area contributed by atoms with Crippen LogP contribution in [-0.2, 0) is 4.74 Å². The topological polar surface area (TPSA) is 24.5 Å². The van der Waals surface area contributed by atoms with E-state index in [9.17, 15) is 0 Å². The van der Waals surface area contributed by atoms with Crippen LogP contribution in [-0.4, -0.2) is 49.8 Å². The Labute approximate surface area is 155 Å². The number of nitrogens with one attached hydrogen (secondary N) is 1. The first kappa shape index (κ1) is 18.3. The second-order valence-corrected chi connectivity index (χ2v) is 9.46. The van der Waals surface area contributed by atoms with Gasteiger partial charge in [0.25, 0.3) is 0 Å². The third-order valence-electron chi connectivity index (χ3n) is 7.63. The molecule has 1 N–H and O–H groups in total. The maximum atomic E-state index is 6.20. The molecule has 3 atom stereocenters. The number of hydrogen-bond acceptors (Lipinski definition) is 3. The van der Waals surface area contributed by atoms with Crippen LogP contribution in [0.1, 0.15) is 77.0 Å². The summed E-state index contributed by atoms with van der Waals surface area (Å²) in [5.41, 5.74) is 0. The highest BCUT2D eigenvalue weighted by atomic mass is 16.5. The molecule has 2 aliphatic heterocycles. The number of piperidine rings is 1. The number of ether oxygens (including phenoxy) is 1. The Balaban J connectivity index is 1.11. The molecule has 0 spiro atoms. The maximum absolute atomic E-state index is 6.20. The molecule has 4 aliphatic rings. The van der Waals surface area contributed by atoms with Crippen molar-refractivity contribution in [3.63, 3.8) is 0 Å². The monoisotopic (exact) mass is 348 g/mol. The predicted octanol–water partition coefficient (Wildman–Crippen LogP) is 4.22. The lowest BCUT2D eigenvalue weighted by atomic mass is 9.72. The molecule has 3 nitrogen and oxygen atoms in total. The first-order chi connectivity index (χ1) is 12.4. The Morgan fingerprint density at radius 3 is 2.48 bits per heavy atom. The third-order valence-corrected chi connectivity index (χ3v) is 7.63. The first-order valence-corrected chi connectivity index (χ1v) is 11.4. The summed E-state index contributed by atoms with van der Waals surface area (Å²) in [4.78, 5) is 2.57. The Morgan fingerprint density at radius 1 is 0.840 bits per heavy atom. The van der Waals surface area contributed by atoms with E-state index in [0.29, 0.717) is 6.10 Å². The van der Waals surface area contributed by atoms with Gasteiger partial charge in [-0.15, -0.1) is 0 Å². The van der Waals surface area contributed by atoms with E-state index < -0.39 is 0 Å². The van der Waals surface area contributed by atoms with Crippen LogP contribution in [0.15, 0.2) is 0 Å². The van der Waals surface area contributed by atoms with Gasteiger partial charge in [-0.05, 0) is 102 Å². The lowest BCUT2D eigenvalue weighted by molar-refractivity contribution is 0.00599. The van der Waals surface area contributed by atoms with E-state index in [0.717, 1.165) is 36.9 Å². The van der Waals surface area contributed by atoms with Gasteiger partial charge in [-0.3, -0.25) is 0 Å². The second-order valence-electron chi connectivity index (χ2n) is 9.46. The van der Waals surface area contributed by atoms with Crippen LogP contribution in [0.25, 0.3) is 0 Å². The summed E-state index contributed by atoms with van der Waals surface area (Å²) in [7, 11) is 0. The summed E-state index contributed by atoms with van der Waals surface area (Å²) < 4.78 is 6.20. The van der Waals surface area contributed by atoms with Crippen molar-refractivity contribution in [1.82, 2.24) is 10.2 Å². The van der Waals surface area contributed by atoms with Crippen molar-refractivity contribution < 1.29 is 4.74 Å². The summed E-state index contributed by atoms with van der Waals surface area (Å²) in [6.07, 6.45) is 17.7. The molecule has 2 saturated heterocycles. The first-order valence-electron chi connectivity index (χ1n) is 11.4. The van der Waals surface area contributed by atoms with Gasteiger partial charge in [-0.25, -0.2) is 0 Å². The molecule has 3 unspecified atom stereocenters. The zero-order valence-electron chi connectivity index (χ0n) is 16.3. The van der Waals surface area contributed by atoms with Crippen LogP contribution in [0.3, 0.4) is 0 Å². The Morgan fingerprint density at radius 2 is 1.64 bits per heavy atom. The molecule has 0 amide bonds. The smallest absolute Gasteiger partial charge is 0.0597 e. The van der Waals surface area contributed by atoms with Crippen molar-refractivity contribution >= 4 is 0 Å². The predicted molar refractivity (Wildman–Crippen MR) is 104 cm³/mol. The van der Waals surface area contributed by atoms with Crippen LogP contribution in [0.4, 0.5) is 0 Å². The lowest BCUT2D eigenvalue weighted by Crippen LogP contribution is -2.47. The molecule has 4 fully saturated rings. The highest BCUT2D eigenvalue weighted by molar-refractivity contribution is 4.89. The van der Waals surface area contributed by atoms with Crippen LogP contribution in [0, 0.1) is 17.8 Å². The summed E-state index contributed by atoms with van der Waals surface area (Å²) in [5.74, 6) is 2.93. The van der Waals surface area contributed by atoms with E-state index in [4.69, 9.17) is 4.74 Å². The molecule has 2 aliphatic carbocycles. The van der Waals surface area contributed by atoms with E-state index in [1.165, 1.54) is 96.7 Å². The van der Waals surface area contributed by atoms with E-state index in [2.05, 4.69) is 10.2 Å². The van der Waals surface area contributed by atoms with E-state index in [-0.39, 0.29) is 0 Å². The molecule has 0 bridgehead atoms. The van der Waals surface area contributed by atoms with Crippen molar-refractivity contribution in [3.05, 3.63) is 0 Å². The van der Waals surface area contributed by atoms with Gasteiger partial charge in [0, 0.05) is 12.6 Å². The average molecular weight is 349 g/mol. The lowest BCUT2D eigenvalue weighted by Gasteiger charge is -2.41. The SMILES string of the molecule is C1CCC2NCC(CC3CCC(OCCN4CCCC4)CC3)CC2C1. The van der Waals surface area contributed by atoms with Crippen LogP contribution >= 0.6 is 0 Å². The van der Waals surface area contributed by atoms with E-state index >= 15 is 0 Å². The molecule has 3 heteroatoms. The molecule has 25 heavy (non-hydrogen) atoms. The molecule has 144 valence electrons. The highest BCUT2D eigenvalue weighted by Gasteiger charge is 2.33. The summed E-state index contributed by atoms with van der Waals surface area (Å²) in [6.45, 7) is 6.02. The van der Waals surface area contributed by atoms with Crippen molar-refractivity contribution in [1.29, 1.82) is 0 Å². The minimum Gasteiger partial charge on any atom is -0.377 e. The van der Waals surface area contributed by atoms with Crippen molar-refractivity contribution in [2.75, 3.05) is 32.8 Å². The summed E-state index contributed by atoms with van der Waals surface area (Å²) >= 11 is 0. The highest BCUT2D eigenvalue weighted by Crippen LogP contribution is 2.37. The number of likely N-dealkylation sites (tertiary alicyclic amines) is 1. The normalized spacial score (nSPS) is 40.1. The standard InChI is InChI=1S/C22H40N2O/c1-2-6-22-20(5-1)16-19(17-23-22)15-18-7-9-21(10-8-18)25-14-13-24-11-3-4-12-24/h18-23H,1-17H2. The minimum atomic E-state index is 0.561. The minimum absolute atomic E-state index is 0.561. The molecule has 0 aromatic carbocycles. The Hall–Kier alpha value is -0.120. The fraction of sp³-hybridized carbons (Fsp3) is 1.00. The van der Waals surface area contributed by atoms with Crippen molar-refractivity contribution in [3.8, 4) is 0 Å². The fourth-order valence-electron chi connectivity index (χ4n) is 6.13. The third kappa shape index (κ3) is 5.20. The van der Waals surface area contributed by atoms with E-state index in [1.54, 1.807) is 0 Å². The molecule has 4 rings (SSSR count). The van der Waals surface area contributed by atoms with Gasteiger partial charge in [0.1, 0.15) is 0 Å². The summed E-state index contributed by atoms with van der Waals surface area (Å²) in [5, 5.41) is 3.89. The largest absolute Gasteiger partial charge is 0.377 e.